The van der Waals surface area contributed by atoms with E-state index in [2.05, 4.69) is 28.3 Å². The van der Waals surface area contributed by atoms with Crippen molar-refractivity contribution in [1.82, 2.24) is 9.13 Å². The van der Waals surface area contributed by atoms with Crippen molar-refractivity contribution in [3.8, 4) is 5.75 Å². The topological polar surface area (TPSA) is 74.8 Å². The highest BCUT2D eigenvalue weighted by molar-refractivity contribution is 7.07. The number of para-hydroxylation sites is 2. The second-order valence-corrected chi connectivity index (χ2v) is 9.97. The lowest BCUT2D eigenvalue weighted by Gasteiger charge is -2.25. The Morgan fingerprint density at radius 1 is 1.16 bits per heavy atom. The van der Waals surface area contributed by atoms with E-state index in [0.717, 1.165) is 22.2 Å². The lowest BCUT2D eigenvalue weighted by molar-refractivity contribution is -0.139. The maximum Gasteiger partial charge on any atom is 0.338 e. The molecular formula is C30H29N3O4S. The van der Waals surface area contributed by atoms with Crippen molar-refractivity contribution in [2.24, 2.45) is 4.99 Å². The molecule has 1 aliphatic rings. The fourth-order valence-corrected chi connectivity index (χ4v) is 6.14. The first-order chi connectivity index (χ1) is 18.4. The minimum atomic E-state index is -0.730. The molecule has 38 heavy (non-hydrogen) atoms. The Morgan fingerprint density at radius 3 is 2.63 bits per heavy atom. The zero-order valence-corrected chi connectivity index (χ0v) is 22.7. The molecule has 2 aromatic heterocycles. The minimum Gasteiger partial charge on any atom is -0.496 e. The summed E-state index contributed by atoms with van der Waals surface area (Å²) in [5, 5.41) is 1.06. The molecule has 0 saturated heterocycles. The number of rotatable bonds is 7. The molecule has 194 valence electrons. The minimum absolute atomic E-state index is 0.215. The van der Waals surface area contributed by atoms with Crippen LogP contribution in [0, 0.1) is 6.92 Å². The average molecular weight is 528 g/mol. The molecule has 0 saturated carbocycles. The number of benzene rings is 2. The van der Waals surface area contributed by atoms with E-state index in [1.807, 2.05) is 55.5 Å². The molecule has 1 unspecified atom stereocenters. The molecule has 0 aliphatic carbocycles. The van der Waals surface area contributed by atoms with E-state index in [1.54, 1.807) is 25.5 Å². The van der Waals surface area contributed by atoms with Gasteiger partial charge in [-0.15, -0.1) is 6.58 Å². The van der Waals surface area contributed by atoms with Crippen molar-refractivity contribution >= 4 is 34.3 Å². The first kappa shape index (κ1) is 25.5. The van der Waals surface area contributed by atoms with Crippen LogP contribution in [0.25, 0.3) is 17.0 Å². The number of carbonyl (C=O) groups is 1. The molecule has 1 atom stereocenters. The van der Waals surface area contributed by atoms with Gasteiger partial charge < -0.3 is 14.0 Å². The normalized spacial score (nSPS) is 15.4. The fourth-order valence-electron chi connectivity index (χ4n) is 5.11. The van der Waals surface area contributed by atoms with Crippen LogP contribution in [0.15, 0.2) is 82.2 Å². The molecule has 7 nitrogen and oxygen atoms in total. The van der Waals surface area contributed by atoms with Crippen LogP contribution in [0.1, 0.15) is 36.7 Å². The maximum atomic E-state index is 14.1. The number of esters is 1. The number of hydrogen-bond donors (Lipinski definition) is 0. The zero-order valence-electron chi connectivity index (χ0n) is 21.9. The number of methoxy groups -OCH3 is 1. The van der Waals surface area contributed by atoms with E-state index < -0.39 is 12.0 Å². The standard InChI is InChI=1S/C30H29N3O4S/c1-6-16-32-19(4)22(20-12-8-10-14-23(20)32)17-25-28(34)33-27(21-13-9-11-15-24(21)36-5)26(29(35)37-7-2)18(3)31-30(33)38-25/h6,8-15,17,27H,1,7,16H2,2-5H3/b25-17+. The molecular weight excluding hydrogens is 498 g/mol. The second-order valence-electron chi connectivity index (χ2n) is 8.96. The number of hydrogen-bond acceptors (Lipinski definition) is 6. The maximum absolute atomic E-state index is 14.1. The predicted octanol–water partition coefficient (Wildman–Crippen LogP) is 4.26. The van der Waals surface area contributed by atoms with Crippen LogP contribution in [0.2, 0.25) is 0 Å². The summed E-state index contributed by atoms with van der Waals surface area (Å²) in [6.45, 7) is 10.4. The van der Waals surface area contributed by atoms with Gasteiger partial charge in [0, 0.05) is 34.3 Å². The largest absolute Gasteiger partial charge is 0.496 e. The van der Waals surface area contributed by atoms with E-state index in [9.17, 15) is 9.59 Å². The van der Waals surface area contributed by atoms with Gasteiger partial charge in [0.25, 0.3) is 5.56 Å². The van der Waals surface area contributed by atoms with Crippen LogP contribution in [-0.2, 0) is 16.1 Å². The van der Waals surface area contributed by atoms with Crippen LogP contribution >= 0.6 is 11.3 Å². The van der Waals surface area contributed by atoms with Gasteiger partial charge in [0.2, 0.25) is 0 Å². The predicted molar refractivity (Wildman–Crippen MR) is 150 cm³/mol. The first-order valence-corrected chi connectivity index (χ1v) is 13.2. The number of ether oxygens (including phenoxy) is 2. The summed E-state index contributed by atoms with van der Waals surface area (Å²) in [5.74, 6) is 0.0780. The molecule has 0 spiro atoms. The van der Waals surface area contributed by atoms with Crippen molar-refractivity contribution in [1.29, 1.82) is 0 Å². The SMILES string of the molecule is C=CCn1c(C)c(/C=c2/sc3n(c2=O)C(c2ccccc2OC)C(C(=O)OCC)=C(C)N=3)c2ccccc21. The monoisotopic (exact) mass is 527 g/mol. The second kappa shape index (κ2) is 10.3. The van der Waals surface area contributed by atoms with Crippen molar-refractivity contribution < 1.29 is 14.3 Å². The molecule has 4 aromatic rings. The lowest BCUT2D eigenvalue weighted by atomic mass is 9.95. The van der Waals surface area contributed by atoms with Gasteiger partial charge in [-0.25, -0.2) is 9.79 Å². The van der Waals surface area contributed by atoms with Gasteiger partial charge in [0.15, 0.2) is 4.80 Å². The molecule has 0 bridgehead atoms. The molecule has 0 amide bonds. The summed E-state index contributed by atoms with van der Waals surface area (Å²) in [5.41, 5.74) is 4.42. The number of aromatic nitrogens is 2. The highest BCUT2D eigenvalue weighted by atomic mass is 32.1. The highest BCUT2D eigenvalue weighted by Gasteiger charge is 2.35. The fraction of sp³-hybridized carbons (Fsp3) is 0.233. The van der Waals surface area contributed by atoms with Crippen LogP contribution in [0.4, 0.5) is 0 Å². The van der Waals surface area contributed by atoms with Crippen LogP contribution in [-0.4, -0.2) is 28.8 Å². The van der Waals surface area contributed by atoms with Gasteiger partial charge in [-0.3, -0.25) is 9.36 Å². The quantitative estimate of drug-likeness (QED) is 0.266. The molecule has 0 fully saturated rings. The molecule has 5 rings (SSSR count). The van der Waals surface area contributed by atoms with Gasteiger partial charge in [-0.2, -0.15) is 0 Å². The van der Waals surface area contributed by atoms with E-state index >= 15 is 0 Å². The summed E-state index contributed by atoms with van der Waals surface area (Å²) in [6.07, 6.45) is 3.80. The number of fused-ring (bicyclic) bond motifs is 2. The molecule has 2 aromatic carbocycles. The summed E-state index contributed by atoms with van der Waals surface area (Å²) < 4.78 is 15.3. The molecule has 1 aliphatic heterocycles. The van der Waals surface area contributed by atoms with Crippen molar-refractivity contribution in [2.75, 3.05) is 13.7 Å². The number of allylic oxidation sites excluding steroid dienone is 2. The van der Waals surface area contributed by atoms with Crippen molar-refractivity contribution in [3.63, 3.8) is 0 Å². The highest BCUT2D eigenvalue weighted by Crippen LogP contribution is 2.35. The Hall–Kier alpha value is -4.17. The van der Waals surface area contributed by atoms with Crippen LogP contribution in [0.5, 0.6) is 5.75 Å². The van der Waals surface area contributed by atoms with E-state index in [0.29, 0.717) is 38.5 Å². The summed E-state index contributed by atoms with van der Waals surface area (Å²) >= 11 is 1.31. The summed E-state index contributed by atoms with van der Waals surface area (Å²) in [4.78, 5) is 32.4. The van der Waals surface area contributed by atoms with Crippen molar-refractivity contribution in [2.45, 2.75) is 33.4 Å². The van der Waals surface area contributed by atoms with Gasteiger partial charge in [-0.05, 0) is 39.0 Å². The molecule has 8 heteroatoms. The molecule has 0 radical (unpaired) electrons. The van der Waals surface area contributed by atoms with E-state index in [4.69, 9.17) is 9.47 Å². The molecule has 0 N–H and O–H groups in total. The summed E-state index contributed by atoms with van der Waals surface area (Å²) in [6, 6.07) is 14.8. The number of thiazole rings is 1. The Kier molecular flexibility index (Phi) is 6.91. The van der Waals surface area contributed by atoms with Crippen molar-refractivity contribution in [3.05, 3.63) is 109 Å². The van der Waals surface area contributed by atoms with Gasteiger partial charge >= 0.3 is 5.97 Å². The Balaban J connectivity index is 1.79. The zero-order chi connectivity index (χ0) is 27.0. The van der Waals surface area contributed by atoms with E-state index in [1.165, 1.54) is 11.3 Å². The first-order valence-electron chi connectivity index (χ1n) is 12.4. The number of carbonyl (C=O) groups excluding carboxylic acids is 1. The van der Waals surface area contributed by atoms with Gasteiger partial charge in [0.1, 0.15) is 11.8 Å². The Morgan fingerprint density at radius 2 is 1.89 bits per heavy atom. The van der Waals surface area contributed by atoms with Gasteiger partial charge in [-0.1, -0.05) is 53.8 Å². The lowest BCUT2D eigenvalue weighted by Crippen LogP contribution is -2.40. The smallest absolute Gasteiger partial charge is 0.338 e. The van der Waals surface area contributed by atoms with E-state index in [-0.39, 0.29) is 12.2 Å². The third-order valence-corrected chi connectivity index (χ3v) is 7.80. The number of nitrogens with zero attached hydrogens (tertiary/aromatic N) is 3. The van der Waals surface area contributed by atoms with Crippen LogP contribution in [0.3, 0.4) is 0 Å². The average Bonchev–Trinajstić information content (AvgIpc) is 3.37. The Bertz CT molecular complexity index is 1790. The summed E-state index contributed by atoms with van der Waals surface area (Å²) in [7, 11) is 1.57. The third kappa shape index (κ3) is 4.11. The molecule has 3 heterocycles. The van der Waals surface area contributed by atoms with Gasteiger partial charge in [0.05, 0.1) is 29.5 Å². The van der Waals surface area contributed by atoms with Crippen LogP contribution < -0.4 is 19.6 Å². The third-order valence-electron chi connectivity index (χ3n) is 6.82. The Labute approximate surface area is 224 Å².